The van der Waals surface area contributed by atoms with Crippen molar-refractivity contribution in [3.8, 4) is 0 Å². The molecular formula is C7H15NO6S. The molecule has 0 radical (unpaired) electrons. The summed E-state index contributed by atoms with van der Waals surface area (Å²) in [7, 11) is -2.26. The highest BCUT2D eigenvalue weighted by atomic mass is 32.2. The topological polar surface area (TPSA) is 113 Å². The van der Waals surface area contributed by atoms with Crippen LogP contribution in [-0.4, -0.2) is 56.2 Å². The van der Waals surface area contributed by atoms with Crippen molar-refractivity contribution in [3.05, 3.63) is 0 Å². The summed E-state index contributed by atoms with van der Waals surface area (Å²) < 4.78 is 28.9. The molecule has 3 N–H and O–H groups in total. The van der Waals surface area contributed by atoms with Crippen molar-refractivity contribution in [2.45, 2.75) is 12.5 Å². The molecule has 90 valence electrons. The van der Waals surface area contributed by atoms with Gasteiger partial charge < -0.3 is 14.9 Å². The Kier molecular flexibility index (Phi) is 5.15. The lowest BCUT2D eigenvalue weighted by atomic mass is 10.1. The maximum absolute atomic E-state index is 11.2. The number of carbonyl (C=O) groups is 1. The Hall–Kier alpha value is -0.700. The number of carboxylic acid groups (broad SMARTS) is 1. The van der Waals surface area contributed by atoms with Crippen molar-refractivity contribution in [3.63, 3.8) is 0 Å². The summed E-state index contributed by atoms with van der Waals surface area (Å²) in [5.41, 5.74) is -2.11. The summed E-state index contributed by atoms with van der Waals surface area (Å²) in [5.74, 6) is -1.77. The molecule has 0 aliphatic rings. The first-order valence-corrected chi connectivity index (χ1v) is 5.78. The van der Waals surface area contributed by atoms with Gasteiger partial charge in [-0.25, -0.2) is 17.9 Å². The van der Waals surface area contributed by atoms with Gasteiger partial charge in [0.15, 0.2) is 5.60 Å². The first kappa shape index (κ1) is 14.3. The molecule has 0 spiro atoms. The molecule has 0 bridgehead atoms. The predicted molar refractivity (Wildman–Crippen MR) is 51.9 cm³/mol. The lowest BCUT2D eigenvalue weighted by Gasteiger charge is -2.18. The Bertz CT molecular complexity index is 309. The van der Waals surface area contributed by atoms with Gasteiger partial charge in [0.2, 0.25) is 10.0 Å². The quantitative estimate of drug-likeness (QED) is 0.494. The number of aliphatic hydroxyl groups is 1. The van der Waals surface area contributed by atoms with E-state index in [0.717, 1.165) is 6.92 Å². The Morgan fingerprint density at radius 2 is 2.07 bits per heavy atom. The monoisotopic (exact) mass is 241 g/mol. The van der Waals surface area contributed by atoms with Gasteiger partial charge in [-0.05, 0) is 6.92 Å². The molecule has 0 fully saturated rings. The molecule has 0 saturated heterocycles. The molecule has 15 heavy (non-hydrogen) atoms. The van der Waals surface area contributed by atoms with Gasteiger partial charge in [-0.3, -0.25) is 0 Å². The fourth-order valence-electron chi connectivity index (χ4n) is 0.591. The molecule has 0 aliphatic carbocycles. The minimum absolute atomic E-state index is 0.00451. The van der Waals surface area contributed by atoms with Crippen molar-refractivity contribution in [1.82, 2.24) is 4.72 Å². The van der Waals surface area contributed by atoms with Gasteiger partial charge >= 0.3 is 5.97 Å². The Morgan fingerprint density at radius 1 is 1.53 bits per heavy atom. The standard InChI is InChI=1S/C7H15NO6S/c1-7(11,6(9)10)5-8-15(12,13)4-3-14-2/h8,11H,3-5H2,1-2H3,(H,9,10). The molecule has 0 aromatic heterocycles. The number of sulfonamides is 1. The Balaban J connectivity index is 4.21. The zero-order valence-corrected chi connectivity index (χ0v) is 9.37. The van der Waals surface area contributed by atoms with E-state index < -0.39 is 28.1 Å². The van der Waals surface area contributed by atoms with Crippen molar-refractivity contribution in [2.24, 2.45) is 0 Å². The lowest BCUT2D eigenvalue weighted by molar-refractivity contribution is -0.155. The van der Waals surface area contributed by atoms with Crippen molar-refractivity contribution in [2.75, 3.05) is 26.0 Å². The van der Waals surface area contributed by atoms with Crippen molar-refractivity contribution < 1.29 is 28.2 Å². The molecule has 0 rings (SSSR count). The second kappa shape index (κ2) is 5.40. The van der Waals surface area contributed by atoms with Gasteiger partial charge in [0.1, 0.15) is 0 Å². The summed E-state index contributed by atoms with van der Waals surface area (Å²) in [6.07, 6.45) is 0. The maximum Gasteiger partial charge on any atom is 0.336 e. The van der Waals surface area contributed by atoms with E-state index in [9.17, 15) is 18.3 Å². The van der Waals surface area contributed by atoms with Gasteiger partial charge in [-0.15, -0.1) is 0 Å². The number of hydrogen-bond acceptors (Lipinski definition) is 5. The molecule has 0 heterocycles. The molecule has 1 unspecified atom stereocenters. The van der Waals surface area contributed by atoms with Crippen molar-refractivity contribution in [1.29, 1.82) is 0 Å². The summed E-state index contributed by atoms with van der Waals surface area (Å²) in [4.78, 5) is 10.4. The van der Waals surface area contributed by atoms with E-state index in [1.807, 2.05) is 4.72 Å². The number of carboxylic acids is 1. The second-order valence-corrected chi connectivity index (χ2v) is 5.14. The van der Waals surface area contributed by atoms with Crippen LogP contribution in [0.15, 0.2) is 0 Å². The van der Waals surface area contributed by atoms with Gasteiger partial charge in [-0.2, -0.15) is 0 Å². The third kappa shape index (κ3) is 5.67. The minimum Gasteiger partial charge on any atom is -0.479 e. The smallest absolute Gasteiger partial charge is 0.336 e. The number of hydrogen-bond donors (Lipinski definition) is 3. The number of methoxy groups -OCH3 is 1. The van der Waals surface area contributed by atoms with Crippen LogP contribution >= 0.6 is 0 Å². The number of rotatable bonds is 7. The number of nitrogens with one attached hydrogen (secondary N) is 1. The van der Waals surface area contributed by atoms with Crippen LogP contribution < -0.4 is 4.72 Å². The molecule has 8 heteroatoms. The fourth-order valence-corrected chi connectivity index (χ4v) is 1.62. The molecule has 7 nitrogen and oxygen atoms in total. The SMILES string of the molecule is COCCS(=O)(=O)NCC(C)(O)C(=O)O. The lowest BCUT2D eigenvalue weighted by Crippen LogP contribution is -2.47. The van der Waals surface area contributed by atoms with Crippen LogP contribution in [0.1, 0.15) is 6.92 Å². The van der Waals surface area contributed by atoms with E-state index in [1.165, 1.54) is 7.11 Å². The van der Waals surface area contributed by atoms with Crippen LogP contribution in [0.2, 0.25) is 0 Å². The predicted octanol–water partition coefficient (Wildman–Crippen LogP) is -1.61. The van der Waals surface area contributed by atoms with Gasteiger partial charge in [0, 0.05) is 13.7 Å². The maximum atomic E-state index is 11.2. The van der Waals surface area contributed by atoms with Crippen LogP contribution in [0.4, 0.5) is 0 Å². The van der Waals surface area contributed by atoms with E-state index in [-0.39, 0.29) is 12.4 Å². The van der Waals surface area contributed by atoms with Crippen LogP contribution in [0.25, 0.3) is 0 Å². The average molecular weight is 241 g/mol. The van der Waals surface area contributed by atoms with E-state index in [1.54, 1.807) is 0 Å². The first-order chi connectivity index (χ1) is 6.71. The summed E-state index contributed by atoms with van der Waals surface area (Å²) >= 11 is 0. The molecular weight excluding hydrogens is 226 g/mol. The Morgan fingerprint density at radius 3 is 2.47 bits per heavy atom. The molecule has 1 atom stereocenters. The minimum atomic E-state index is -3.61. The summed E-state index contributed by atoms with van der Waals surface area (Å²) in [6, 6.07) is 0. The van der Waals surface area contributed by atoms with E-state index in [4.69, 9.17) is 5.11 Å². The fraction of sp³-hybridized carbons (Fsp3) is 0.857. The zero-order chi connectivity index (χ0) is 12.1. The van der Waals surface area contributed by atoms with Crippen LogP contribution in [0.3, 0.4) is 0 Å². The van der Waals surface area contributed by atoms with Crippen LogP contribution in [0.5, 0.6) is 0 Å². The van der Waals surface area contributed by atoms with E-state index >= 15 is 0 Å². The molecule has 0 saturated carbocycles. The van der Waals surface area contributed by atoms with Crippen LogP contribution in [0, 0.1) is 0 Å². The number of aliphatic carboxylic acids is 1. The molecule has 0 amide bonds. The largest absolute Gasteiger partial charge is 0.479 e. The molecule has 0 aliphatic heterocycles. The van der Waals surface area contributed by atoms with E-state index in [2.05, 4.69) is 4.74 Å². The van der Waals surface area contributed by atoms with Crippen molar-refractivity contribution >= 4 is 16.0 Å². The number of ether oxygens (including phenoxy) is 1. The summed E-state index contributed by atoms with van der Waals surface area (Å²) in [6.45, 7) is 0.438. The van der Waals surface area contributed by atoms with Gasteiger partial charge in [-0.1, -0.05) is 0 Å². The highest BCUT2D eigenvalue weighted by Gasteiger charge is 2.31. The highest BCUT2D eigenvalue weighted by Crippen LogP contribution is 2.01. The first-order valence-electron chi connectivity index (χ1n) is 4.13. The Labute approximate surface area is 88.1 Å². The highest BCUT2D eigenvalue weighted by molar-refractivity contribution is 7.89. The second-order valence-electron chi connectivity index (χ2n) is 3.21. The zero-order valence-electron chi connectivity index (χ0n) is 8.56. The normalized spacial score (nSPS) is 15.9. The van der Waals surface area contributed by atoms with Gasteiger partial charge in [0.25, 0.3) is 0 Å². The van der Waals surface area contributed by atoms with E-state index in [0.29, 0.717) is 0 Å². The third-order valence-corrected chi connectivity index (χ3v) is 2.94. The molecule has 0 aromatic carbocycles. The molecule has 0 aromatic rings. The van der Waals surface area contributed by atoms with Gasteiger partial charge in [0.05, 0.1) is 12.4 Å². The summed E-state index contributed by atoms with van der Waals surface area (Å²) in [5, 5.41) is 17.7. The average Bonchev–Trinajstić information content (AvgIpc) is 2.12. The van der Waals surface area contributed by atoms with Crippen LogP contribution in [-0.2, 0) is 19.6 Å². The third-order valence-electron chi connectivity index (χ3n) is 1.65.